The van der Waals surface area contributed by atoms with Gasteiger partial charge >= 0.3 is 0 Å². The van der Waals surface area contributed by atoms with Crippen LogP contribution < -0.4 is 19.5 Å². The highest BCUT2D eigenvalue weighted by Crippen LogP contribution is 2.38. The first-order valence-corrected chi connectivity index (χ1v) is 8.78. The molecule has 0 aliphatic carbocycles. The molecule has 3 aromatic rings. The maximum absolute atomic E-state index is 12.7. The Hall–Kier alpha value is -3.19. The van der Waals surface area contributed by atoms with Crippen molar-refractivity contribution in [1.29, 1.82) is 0 Å². The summed E-state index contributed by atoms with van der Waals surface area (Å²) in [6, 6.07) is 12.2. The van der Waals surface area contributed by atoms with E-state index in [1.165, 1.54) is 21.3 Å². The lowest BCUT2D eigenvalue weighted by molar-refractivity contribution is 0.102. The molecule has 0 bridgehead atoms. The lowest BCUT2D eigenvalue weighted by atomic mass is 10.1. The number of halogens is 1. The lowest BCUT2D eigenvalue weighted by Crippen LogP contribution is -2.12. The van der Waals surface area contributed by atoms with Gasteiger partial charge in [0.25, 0.3) is 5.91 Å². The number of rotatable bonds is 6. The summed E-state index contributed by atoms with van der Waals surface area (Å²) >= 11 is 6.16. The molecule has 0 fully saturated rings. The number of carbonyl (C=O) groups is 1. The molecular formula is C20H20ClN3O4. The van der Waals surface area contributed by atoms with Gasteiger partial charge in [0.1, 0.15) is 5.15 Å². The molecule has 2 aromatic carbocycles. The third kappa shape index (κ3) is 3.89. The summed E-state index contributed by atoms with van der Waals surface area (Å²) in [5.74, 6) is 0.939. The molecule has 0 aliphatic heterocycles. The molecule has 0 aliphatic rings. The van der Waals surface area contributed by atoms with E-state index in [0.717, 1.165) is 11.4 Å². The van der Waals surface area contributed by atoms with Crippen LogP contribution in [-0.4, -0.2) is 37.0 Å². The number of hydrogen-bond acceptors (Lipinski definition) is 5. The number of methoxy groups -OCH3 is 3. The minimum Gasteiger partial charge on any atom is -0.493 e. The van der Waals surface area contributed by atoms with E-state index in [4.69, 9.17) is 25.8 Å². The van der Waals surface area contributed by atoms with Crippen LogP contribution >= 0.6 is 11.6 Å². The second-order valence-electron chi connectivity index (χ2n) is 5.94. The number of benzene rings is 2. The van der Waals surface area contributed by atoms with Gasteiger partial charge in [-0.1, -0.05) is 11.6 Å². The summed E-state index contributed by atoms with van der Waals surface area (Å²) in [5, 5.41) is 7.69. The van der Waals surface area contributed by atoms with Crippen molar-refractivity contribution in [3.05, 3.63) is 58.9 Å². The molecule has 0 saturated carbocycles. The van der Waals surface area contributed by atoms with Gasteiger partial charge in [0.2, 0.25) is 5.75 Å². The molecule has 0 atom stereocenters. The van der Waals surface area contributed by atoms with Crippen molar-refractivity contribution in [3.8, 4) is 22.9 Å². The molecule has 3 rings (SSSR count). The molecule has 0 radical (unpaired) electrons. The average Bonchev–Trinajstić information content (AvgIpc) is 3.05. The molecule has 146 valence electrons. The molecule has 0 spiro atoms. The van der Waals surface area contributed by atoms with E-state index in [1.807, 2.05) is 19.1 Å². The van der Waals surface area contributed by atoms with Crippen molar-refractivity contribution >= 4 is 23.2 Å². The maximum atomic E-state index is 12.7. The zero-order valence-corrected chi connectivity index (χ0v) is 16.7. The van der Waals surface area contributed by atoms with Crippen LogP contribution in [0.3, 0.4) is 0 Å². The van der Waals surface area contributed by atoms with Crippen LogP contribution in [0.5, 0.6) is 17.2 Å². The normalized spacial score (nSPS) is 10.5. The molecule has 7 nitrogen and oxygen atoms in total. The summed E-state index contributed by atoms with van der Waals surface area (Å²) in [6.45, 7) is 1.87. The number of aryl methyl sites for hydroxylation is 1. The van der Waals surface area contributed by atoms with Crippen molar-refractivity contribution in [2.75, 3.05) is 26.6 Å². The van der Waals surface area contributed by atoms with Crippen molar-refractivity contribution in [1.82, 2.24) is 9.78 Å². The largest absolute Gasteiger partial charge is 0.493 e. The minimum atomic E-state index is -0.306. The molecule has 1 amide bonds. The van der Waals surface area contributed by atoms with E-state index in [2.05, 4.69) is 10.4 Å². The number of anilines is 1. The first kappa shape index (κ1) is 19.6. The Kier molecular flexibility index (Phi) is 5.75. The quantitative estimate of drug-likeness (QED) is 0.672. The van der Waals surface area contributed by atoms with Crippen LogP contribution in [0.25, 0.3) is 5.69 Å². The number of ether oxygens (including phenoxy) is 3. The van der Waals surface area contributed by atoms with E-state index in [9.17, 15) is 4.79 Å². The van der Waals surface area contributed by atoms with Gasteiger partial charge in [-0.25, -0.2) is 4.68 Å². The zero-order valence-electron chi connectivity index (χ0n) is 15.9. The smallest absolute Gasteiger partial charge is 0.255 e. The predicted molar refractivity (Wildman–Crippen MR) is 107 cm³/mol. The monoisotopic (exact) mass is 401 g/mol. The van der Waals surface area contributed by atoms with Crippen molar-refractivity contribution in [2.24, 2.45) is 0 Å². The summed E-state index contributed by atoms with van der Waals surface area (Å²) in [5.41, 5.74) is 2.63. The van der Waals surface area contributed by atoms with E-state index in [0.29, 0.717) is 33.7 Å². The van der Waals surface area contributed by atoms with Crippen LogP contribution in [0.2, 0.25) is 5.15 Å². The van der Waals surface area contributed by atoms with Crippen molar-refractivity contribution in [2.45, 2.75) is 6.92 Å². The minimum absolute atomic E-state index is 0.306. The third-order valence-corrected chi connectivity index (χ3v) is 4.35. The fourth-order valence-corrected chi connectivity index (χ4v) is 3.04. The Bertz CT molecular complexity index is 974. The summed E-state index contributed by atoms with van der Waals surface area (Å²) in [4.78, 5) is 12.7. The number of carbonyl (C=O) groups excluding carboxylic acids is 1. The van der Waals surface area contributed by atoms with Gasteiger partial charge in [0.05, 0.1) is 32.7 Å². The van der Waals surface area contributed by atoms with Gasteiger partial charge < -0.3 is 19.5 Å². The molecule has 1 N–H and O–H groups in total. The Morgan fingerprint density at radius 2 is 1.61 bits per heavy atom. The van der Waals surface area contributed by atoms with Crippen molar-refractivity contribution in [3.63, 3.8) is 0 Å². The Labute approximate surface area is 167 Å². The van der Waals surface area contributed by atoms with Gasteiger partial charge in [0, 0.05) is 11.3 Å². The van der Waals surface area contributed by atoms with Gasteiger partial charge in [-0.2, -0.15) is 5.10 Å². The van der Waals surface area contributed by atoms with Crippen LogP contribution in [0.1, 0.15) is 16.1 Å². The van der Waals surface area contributed by atoms with Gasteiger partial charge in [-0.05, 0) is 49.4 Å². The summed E-state index contributed by atoms with van der Waals surface area (Å²) in [6.07, 6.45) is 0. The number of hydrogen-bond donors (Lipinski definition) is 1. The second-order valence-corrected chi connectivity index (χ2v) is 6.32. The van der Waals surface area contributed by atoms with Gasteiger partial charge in [-0.15, -0.1) is 0 Å². The SMILES string of the molecule is COc1cc(C(=O)Nc2ccc(-n3nc(C)cc3Cl)cc2)cc(OC)c1OC. The van der Waals surface area contributed by atoms with Gasteiger partial charge in [0.15, 0.2) is 11.5 Å². The lowest BCUT2D eigenvalue weighted by Gasteiger charge is -2.14. The second kappa shape index (κ2) is 8.22. The average molecular weight is 402 g/mol. The molecule has 1 aromatic heterocycles. The number of amides is 1. The Balaban J connectivity index is 1.82. The topological polar surface area (TPSA) is 74.6 Å². The van der Waals surface area contributed by atoms with E-state index in [1.54, 1.807) is 35.0 Å². The first-order valence-electron chi connectivity index (χ1n) is 8.40. The molecule has 8 heteroatoms. The van der Waals surface area contributed by atoms with Crippen LogP contribution in [0.15, 0.2) is 42.5 Å². The number of aromatic nitrogens is 2. The summed E-state index contributed by atoms with van der Waals surface area (Å²) < 4.78 is 17.5. The molecule has 0 unspecified atom stereocenters. The van der Waals surface area contributed by atoms with Crippen LogP contribution in [0.4, 0.5) is 5.69 Å². The molecule has 0 saturated heterocycles. The van der Waals surface area contributed by atoms with Crippen LogP contribution in [0, 0.1) is 6.92 Å². The van der Waals surface area contributed by atoms with E-state index in [-0.39, 0.29) is 5.91 Å². The Morgan fingerprint density at radius 3 is 2.07 bits per heavy atom. The highest BCUT2D eigenvalue weighted by atomic mass is 35.5. The van der Waals surface area contributed by atoms with E-state index >= 15 is 0 Å². The number of nitrogens with zero attached hydrogens (tertiary/aromatic N) is 2. The third-order valence-electron chi connectivity index (χ3n) is 4.08. The van der Waals surface area contributed by atoms with Crippen molar-refractivity contribution < 1.29 is 19.0 Å². The standard InChI is InChI=1S/C20H20ClN3O4/c1-12-9-18(21)24(23-12)15-7-5-14(6-8-15)22-20(25)13-10-16(26-2)19(28-4)17(11-13)27-3/h5-11H,1-4H3,(H,22,25). The highest BCUT2D eigenvalue weighted by molar-refractivity contribution is 6.29. The van der Waals surface area contributed by atoms with Crippen LogP contribution in [-0.2, 0) is 0 Å². The predicted octanol–water partition coefficient (Wildman–Crippen LogP) is 4.11. The van der Waals surface area contributed by atoms with Gasteiger partial charge in [-0.3, -0.25) is 4.79 Å². The fraction of sp³-hybridized carbons (Fsp3) is 0.200. The first-order chi connectivity index (χ1) is 13.5. The summed E-state index contributed by atoms with van der Waals surface area (Å²) in [7, 11) is 4.51. The Morgan fingerprint density at radius 1 is 1.00 bits per heavy atom. The van der Waals surface area contributed by atoms with E-state index < -0.39 is 0 Å². The molecule has 1 heterocycles. The fourth-order valence-electron chi connectivity index (χ4n) is 2.75. The maximum Gasteiger partial charge on any atom is 0.255 e. The molecule has 28 heavy (non-hydrogen) atoms. The highest BCUT2D eigenvalue weighted by Gasteiger charge is 2.17. The number of nitrogens with one attached hydrogen (secondary N) is 1. The molecular weight excluding hydrogens is 382 g/mol. The zero-order chi connectivity index (χ0) is 20.3.